The highest BCUT2D eigenvalue weighted by atomic mass is 19.1. The summed E-state index contributed by atoms with van der Waals surface area (Å²) in [6.45, 7) is 9.26. The molecule has 0 radical (unpaired) electrons. The van der Waals surface area contributed by atoms with E-state index in [0.717, 1.165) is 44.0 Å². The number of halogens is 2. The average molecular weight is 687 g/mol. The number of nitrogens with zero attached hydrogens (tertiary/aromatic N) is 6. The molecule has 7 rings (SSSR count). The Morgan fingerprint density at radius 1 is 0.980 bits per heavy atom. The van der Waals surface area contributed by atoms with Crippen molar-refractivity contribution in [2.24, 2.45) is 11.8 Å². The normalized spacial score (nSPS) is 18.9. The number of fused-ring (bicyclic) bond motifs is 2. The molecule has 2 amide bonds. The van der Waals surface area contributed by atoms with Crippen LogP contribution in [0.2, 0.25) is 0 Å². The highest BCUT2D eigenvalue weighted by Gasteiger charge is 2.39. The van der Waals surface area contributed by atoms with Crippen molar-refractivity contribution in [3.8, 4) is 17.2 Å². The molecule has 2 aromatic carbocycles. The summed E-state index contributed by atoms with van der Waals surface area (Å²) < 4.78 is 40.8. The Kier molecular flexibility index (Phi) is 8.59. The minimum Gasteiger partial charge on any atom is -0.494 e. The Hall–Kier alpha value is -5.57. The number of carbonyl (C=O) groups excluding carboxylic acids is 2. The monoisotopic (exact) mass is 686 g/mol. The van der Waals surface area contributed by atoms with Crippen molar-refractivity contribution in [1.82, 2.24) is 24.3 Å². The topological polar surface area (TPSA) is 134 Å². The number of hydrogen-bond acceptors (Lipinski definition) is 10. The van der Waals surface area contributed by atoms with Crippen LogP contribution < -0.4 is 30.6 Å². The maximum absolute atomic E-state index is 14.5. The van der Waals surface area contributed by atoms with Gasteiger partial charge in [0, 0.05) is 69.9 Å². The first-order valence-electron chi connectivity index (χ1n) is 16.2. The van der Waals surface area contributed by atoms with E-state index in [1.807, 2.05) is 6.07 Å². The summed E-state index contributed by atoms with van der Waals surface area (Å²) in [5.41, 5.74) is 1.46. The number of carbonyl (C=O) groups is 2. The number of aromatic nitrogens is 3. The molecule has 4 aromatic rings. The van der Waals surface area contributed by atoms with Crippen molar-refractivity contribution in [3.63, 3.8) is 0 Å². The summed E-state index contributed by atoms with van der Waals surface area (Å²) in [6, 6.07) is 7.35. The minimum atomic E-state index is -0.970. The van der Waals surface area contributed by atoms with Gasteiger partial charge in [0.25, 0.3) is 5.56 Å². The fourth-order valence-electron chi connectivity index (χ4n) is 7.05. The summed E-state index contributed by atoms with van der Waals surface area (Å²) in [5, 5.41) is 6.51. The van der Waals surface area contributed by atoms with E-state index >= 15 is 0 Å². The summed E-state index contributed by atoms with van der Waals surface area (Å²) >= 11 is 0. The van der Waals surface area contributed by atoms with Crippen LogP contribution in [0.3, 0.4) is 0 Å². The molecule has 0 saturated carbocycles. The van der Waals surface area contributed by atoms with Crippen molar-refractivity contribution < 1.29 is 27.8 Å². The largest absolute Gasteiger partial charge is 0.494 e. The van der Waals surface area contributed by atoms with Crippen molar-refractivity contribution in [3.05, 3.63) is 77.2 Å². The zero-order chi connectivity index (χ0) is 35.3. The quantitative estimate of drug-likeness (QED) is 0.248. The second-order valence-electron chi connectivity index (χ2n) is 12.9. The van der Waals surface area contributed by atoms with E-state index in [9.17, 15) is 23.2 Å². The van der Waals surface area contributed by atoms with E-state index in [-0.39, 0.29) is 48.0 Å². The van der Waals surface area contributed by atoms with E-state index < -0.39 is 23.2 Å². The van der Waals surface area contributed by atoms with Crippen molar-refractivity contribution in [2.45, 2.75) is 13.0 Å². The van der Waals surface area contributed by atoms with E-state index in [2.05, 4.69) is 39.0 Å². The molecule has 0 unspecified atom stereocenters. The molecule has 2 N–H and O–H groups in total. The molecule has 3 aliphatic rings. The van der Waals surface area contributed by atoms with Gasteiger partial charge in [0.2, 0.25) is 17.8 Å². The number of methoxy groups -OCH3 is 1. The van der Waals surface area contributed by atoms with Gasteiger partial charge in [0.05, 0.1) is 30.2 Å². The van der Waals surface area contributed by atoms with Crippen LogP contribution >= 0.6 is 0 Å². The summed E-state index contributed by atoms with van der Waals surface area (Å²) in [4.78, 5) is 53.7. The molecule has 2 aromatic heterocycles. The van der Waals surface area contributed by atoms with E-state index in [1.165, 1.54) is 29.8 Å². The number of hydrogen-bond donors (Lipinski definition) is 2. The number of anilines is 4. The van der Waals surface area contributed by atoms with Gasteiger partial charge in [-0.3, -0.25) is 19.0 Å². The number of likely N-dealkylation sites (tertiary alicyclic amines) is 2. The van der Waals surface area contributed by atoms with Gasteiger partial charge < -0.3 is 34.8 Å². The van der Waals surface area contributed by atoms with E-state index in [1.54, 1.807) is 18.1 Å². The lowest BCUT2D eigenvalue weighted by molar-refractivity contribution is -0.134. The molecule has 0 aliphatic carbocycles. The van der Waals surface area contributed by atoms with Crippen molar-refractivity contribution >= 4 is 45.9 Å². The Morgan fingerprint density at radius 3 is 2.38 bits per heavy atom. The first-order valence-corrected chi connectivity index (χ1v) is 16.2. The highest BCUT2D eigenvalue weighted by molar-refractivity contribution is 6.02. The molecular weight excluding hydrogens is 650 g/mol. The molecule has 5 heterocycles. The fraction of sp³-hybridized carbons (Fsp3) is 0.343. The van der Waals surface area contributed by atoms with Crippen LogP contribution in [0, 0.1) is 23.5 Å². The van der Waals surface area contributed by atoms with Gasteiger partial charge in [0.1, 0.15) is 17.2 Å². The van der Waals surface area contributed by atoms with Gasteiger partial charge >= 0.3 is 0 Å². The van der Waals surface area contributed by atoms with Gasteiger partial charge in [0.15, 0.2) is 17.3 Å². The molecule has 13 nitrogen and oxygen atoms in total. The van der Waals surface area contributed by atoms with Gasteiger partial charge in [-0.25, -0.2) is 13.8 Å². The average Bonchev–Trinajstić information content (AvgIpc) is 3.60. The highest BCUT2D eigenvalue weighted by Crippen LogP contribution is 2.42. The Balaban J connectivity index is 1.26. The molecule has 15 heteroatoms. The predicted octanol–water partition coefficient (Wildman–Crippen LogP) is 4.14. The maximum Gasteiger partial charge on any atom is 0.295 e. The molecule has 3 fully saturated rings. The zero-order valence-electron chi connectivity index (χ0n) is 27.8. The van der Waals surface area contributed by atoms with Gasteiger partial charge in [-0.05, 0) is 49.2 Å². The van der Waals surface area contributed by atoms with Gasteiger partial charge in [-0.2, -0.15) is 4.98 Å². The first-order chi connectivity index (χ1) is 24.0. The Labute approximate surface area is 286 Å². The van der Waals surface area contributed by atoms with Crippen LogP contribution in [0.1, 0.15) is 13.0 Å². The third-order valence-electron chi connectivity index (χ3n) is 9.54. The van der Waals surface area contributed by atoms with Crippen LogP contribution in [0.25, 0.3) is 11.0 Å². The third-order valence-corrected chi connectivity index (χ3v) is 9.54. The van der Waals surface area contributed by atoms with Crippen LogP contribution in [0.5, 0.6) is 17.2 Å². The van der Waals surface area contributed by atoms with Crippen LogP contribution in [0.4, 0.5) is 31.8 Å². The first kappa shape index (κ1) is 33.0. The Bertz CT molecular complexity index is 2070. The lowest BCUT2D eigenvalue weighted by Crippen LogP contribution is -2.52. The second-order valence-corrected chi connectivity index (χ2v) is 12.9. The predicted molar refractivity (Wildman–Crippen MR) is 183 cm³/mol. The van der Waals surface area contributed by atoms with Crippen LogP contribution in [-0.2, 0) is 9.59 Å². The lowest BCUT2D eigenvalue weighted by atomic mass is 10.0. The van der Waals surface area contributed by atoms with Gasteiger partial charge in [-0.1, -0.05) is 6.58 Å². The molecule has 0 bridgehead atoms. The molecule has 260 valence electrons. The molecule has 0 spiro atoms. The molecule has 2 atom stereocenters. The number of nitrogens with one attached hydrogen (secondary N) is 2. The SMILES string of the molecule is C=CC(=O)Nc1cc(Nc2ncc3cc(Oc4ccc(F)cc4F)c(=O)n(C4CN(C(C)=O)C4)c3n2)c(OC)cc1N1C[C@H]2CN(C)C[C@H]2C1. The number of ether oxygens (including phenoxy) is 2. The molecule has 50 heavy (non-hydrogen) atoms. The summed E-state index contributed by atoms with van der Waals surface area (Å²) in [6.07, 6.45) is 2.69. The van der Waals surface area contributed by atoms with Crippen LogP contribution in [0.15, 0.2) is 60.0 Å². The second kappa shape index (κ2) is 13.0. The molecular formula is C35H36F2N8O5. The number of benzene rings is 2. The zero-order valence-corrected chi connectivity index (χ0v) is 27.8. The van der Waals surface area contributed by atoms with Gasteiger partial charge in [-0.15, -0.1) is 0 Å². The maximum atomic E-state index is 14.5. The molecule has 3 saturated heterocycles. The fourth-order valence-corrected chi connectivity index (χ4v) is 7.05. The number of pyridine rings is 1. The minimum absolute atomic E-state index is 0.123. The van der Waals surface area contributed by atoms with Crippen molar-refractivity contribution in [2.75, 3.05) is 69.0 Å². The molecule has 3 aliphatic heterocycles. The summed E-state index contributed by atoms with van der Waals surface area (Å²) in [7, 11) is 3.67. The number of rotatable bonds is 9. The number of amides is 2. The lowest BCUT2D eigenvalue weighted by Gasteiger charge is -2.39. The van der Waals surface area contributed by atoms with E-state index in [4.69, 9.17) is 14.5 Å². The third kappa shape index (κ3) is 6.19. The van der Waals surface area contributed by atoms with Crippen LogP contribution in [-0.4, -0.2) is 89.6 Å². The van der Waals surface area contributed by atoms with Crippen molar-refractivity contribution in [1.29, 1.82) is 0 Å². The smallest absolute Gasteiger partial charge is 0.295 e. The standard InChI is InChI=1S/C35H36F2N8O5/c1-5-32(47)39-26-10-27(30(49-4)11-28(26)44-15-21-13-42(3)14-22(21)16-44)40-35-38-12-20-8-31(50-29-7-6-23(36)9-25(29)37)34(48)45(33(20)41-35)24-17-43(18-24)19(2)46/h5-12,21-22,24H,1,13-18H2,2-4H3,(H,39,47)(H,38,40,41)/t21-,22+. The Morgan fingerprint density at radius 2 is 1.72 bits per heavy atom. The van der Waals surface area contributed by atoms with E-state index in [0.29, 0.717) is 40.4 Å². The summed E-state index contributed by atoms with van der Waals surface area (Å²) in [5.74, 6) is -1.17.